The Morgan fingerprint density at radius 3 is 2.80 bits per heavy atom. The fraction of sp³-hybridized carbons (Fsp3) is 0.588. The van der Waals surface area contributed by atoms with Gasteiger partial charge in [-0.1, -0.05) is 26.0 Å². The molecule has 1 N–H and O–H groups in total. The fourth-order valence-electron chi connectivity index (χ4n) is 2.45. The minimum Gasteiger partial charge on any atom is -0.491 e. The Morgan fingerprint density at radius 1 is 1.40 bits per heavy atom. The van der Waals surface area contributed by atoms with Gasteiger partial charge in [0, 0.05) is 0 Å². The molecule has 108 valence electrons. The third-order valence-electron chi connectivity index (χ3n) is 3.94. The van der Waals surface area contributed by atoms with Crippen LogP contribution in [0.15, 0.2) is 24.3 Å². The van der Waals surface area contributed by atoms with Gasteiger partial charge in [-0.05, 0) is 55.8 Å². The molecule has 0 bridgehead atoms. The molecule has 1 aromatic rings. The number of nitrogens with zero attached hydrogens (tertiary/aromatic N) is 1. The van der Waals surface area contributed by atoms with E-state index in [0.717, 1.165) is 38.0 Å². The van der Waals surface area contributed by atoms with E-state index in [1.54, 1.807) is 0 Å². The molecule has 1 aliphatic carbocycles. The molecule has 3 heteroatoms. The van der Waals surface area contributed by atoms with Gasteiger partial charge in [0.25, 0.3) is 0 Å². The van der Waals surface area contributed by atoms with Crippen molar-refractivity contribution in [2.24, 2.45) is 5.92 Å². The van der Waals surface area contributed by atoms with Crippen LogP contribution >= 0.6 is 0 Å². The van der Waals surface area contributed by atoms with Gasteiger partial charge in [0.05, 0.1) is 6.07 Å². The quantitative estimate of drug-likeness (QED) is 0.789. The number of benzene rings is 1. The molecular weight excluding hydrogens is 248 g/mol. The zero-order chi connectivity index (χ0) is 14.4. The molecule has 0 spiro atoms. The number of hydrogen-bond donors (Lipinski definition) is 1. The molecule has 20 heavy (non-hydrogen) atoms. The highest BCUT2D eigenvalue weighted by atomic mass is 16.5. The number of nitriles is 1. The summed E-state index contributed by atoms with van der Waals surface area (Å²) in [6.45, 7) is 5.54. The summed E-state index contributed by atoms with van der Waals surface area (Å²) < 4.78 is 5.92. The van der Waals surface area contributed by atoms with Crippen LogP contribution in [0.25, 0.3) is 0 Å². The molecule has 1 fully saturated rings. The second-order valence-corrected chi connectivity index (χ2v) is 5.57. The molecule has 1 atom stereocenters. The molecule has 0 aromatic heterocycles. The van der Waals surface area contributed by atoms with Gasteiger partial charge in [-0.25, -0.2) is 0 Å². The van der Waals surface area contributed by atoms with Crippen LogP contribution in [0.1, 0.15) is 38.7 Å². The monoisotopic (exact) mass is 272 g/mol. The number of nitrogens with one attached hydrogen (secondary N) is 1. The number of ether oxygens (including phenoxy) is 1. The lowest BCUT2D eigenvalue weighted by Gasteiger charge is -2.28. The summed E-state index contributed by atoms with van der Waals surface area (Å²) in [7, 11) is 0. The van der Waals surface area contributed by atoms with Gasteiger partial charge < -0.3 is 4.74 Å². The Morgan fingerprint density at radius 2 is 2.20 bits per heavy atom. The fourth-order valence-corrected chi connectivity index (χ4v) is 2.45. The van der Waals surface area contributed by atoms with Crippen LogP contribution in [-0.2, 0) is 6.42 Å². The largest absolute Gasteiger partial charge is 0.491 e. The van der Waals surface area contributed by atoms with Crippen molar-refractivity contribution in [1.82, 2.24) is 5.32 Å². The lowest BCUT2D eigenvalue weighted by Crippen LogP contribution is -2.51. The van der Waals surface area contributed by atoms with E-state index in [4.69, 9.17) is 4.74 Å². The van der Waals surface area contributed by atoms with Crippen molar-refractivity contribution in [1.29, 1.82) is 5.26 Å². The minimum absolute atomic E-state index is 0.432. The van der Waals surface area contributed by atoms with Crippen LogP contribution in [0.3, 0.4) is 0 Å². The smallest absolute Gasteiger partial charge is 0.143 e. The Labute approximate surface area is 121 Å². The van der Waals surface area contributed by atoms with E-state index >= 15 is 0 Å². The zero-order valence-electron chi connectivity index (χ0n) is 12.5. The molecule has 1 aliphatic rings. The molecule has 0 amide bonds. The third kappa shape index (κ3) is 3.52. The predicted octanol–water partition coefficient (Wildman–Crippen LogP) is 3.30. The summed E-state index contributed by atoms with van der Waals surface area (Å²) in [5.41, 5.74) is 0.746. The molecule has 3 nitrogen and oxygen atoms in total. The average molecular weight is 272 g/mol. The summed E-state index contributed by atoms with van der Waals surface area (Å²) in [5.74, 6) is 1.30. The first-order valence-corrected chi connectivity index (χ1v) is 7.62. The highest BCUT2D eigenvalue weighted by Gasteiger charge is 2.46. The van der Waals surface area contributed by atoms with Crippen LogP contribution in [0.4, 0.5) is 0 Å². The van der Waals surface area contributed by atoms with E-state index in [2.05, 4.69) is 37.4 Å². The van der Waals surface area contributed by atoms with Gasteiger partial charge in [-0.2, -0.15) is 5.26 Å². The van der Waals surface area contributed by atoms with E-state index in [9.17, 15) is 5.26 Å². The minimum atomic E-state index is -0.516. The van der Waals surface area contributed by atoms with Crippen molar-refractivity contribution in [3.8, 4) is 11.8 Å². The molecule has 2 rings (SSSR count). The maximum absolute atomic E-state index is 9.60. The van der Waals surface area contributed by atoms with Crippen LogP contribution in [0.5, 0.6) is 5.75 Å². The van der Waals surface area contributed by atoms with Crippen molar-refractivity contribution >= 4 is 0 Å². The zero-order valence-corrected chi connectivity index (χ0v) is 12.5. The summed E-state index contributed by atoms with van der Waals surface area (Å²) >= 11 is 0. The van der Waals surface area contributed by atoms with Crippen molar-refractivity contribution in [2.75, 3.05) is 13.2 Å². The Hall–Kier alpha value is -1.53. The summed E-state index contributed by atoms with van der Waals surface area (Å²) in [4.78, 5) is 0. The van der Waals surface area contributed by atoms with E-state index in [0.29, 0.717) is 12.5 Å². The summed E-state index contributed by atoms with van der Waals surface area (Å²) in [6.07, 6.45) is 4.28. The Kier molecular flexibility index (Phi) is 5.03. The van der Waals surface area contributed by atoms with Crippen molar-refractivity contribution in [3.63, 3.8) is 0 Å². The standard InChI is InChI=1S/C17H24N2O/c1-3-10-19-17(12-18,15-8-9-15)13-20-16-7-5-6-14(4-2)11-16/h5-7,11,15,19H,3-4,8-10,13H2,1-2H3. The normalized spacial score (nSPS) is 17.2. The van der Waals surface area contributed by atoms with Crippen molar-refractivity contribution < 1.29 is 4.74 Å². The third-order valence-corrected chi connectivity index (χ3v) is 3.94. The lowest BCUT2D eigenvalue weighted by molar-refractivity contribution is 0.202. The van der Waals surface area contributed by atoms with Gasteiger partial charge in [-0.15, -0.1) is 0 Å². The highest BCUT2D eigenvalue weighted by molar-refractivity contribution is 5.29. The number of rotatable bonds is 8. The first-order chi connectivity index (χ1) is 9.74. The van der Waals surface area contributed by atoms with Crippen molar-refractivity contribution in [3.05, 3.63) is 29.8 Å². The van der Waals surface area contributed by atoms with Gasteiger partial charge in [-0.3, -0.25) is 5.32 Å². The number of hydrogen-bond acceptors (Lipinski definition) is 3. The molecule has 1 aromatic carbocycles. The Balaban J connectivity index is 2.02. The maximum Gasteiger partial charge on any atom is 0.143 e. The van der Waals surface area contributed by atoms with Gasteiger partial charge in [0.15, 0.2) is 0 Å². The molecule has 0 aliphatic heterocycles. The lowest BCUT2D eigenvalue weighted by atomic mass is 9.96. The molecule has 0 heterocycles. The van der Waals surface area contributed by atoms with E-state index in [1.807, 2.05) is 12.1 Å². The predicted molar refractivity (Wildman–Crippen MR) is 80.7 cm³/mol. The topological polar surface area (TPSA) is 45.0 Å². The van der Waals surface area contributed by atoms with Crippen LogP contribution in [0.2, 0.25) is 0 Å². The molecular formula is C17H24N2O. The molecule has 1 saturated carbocycles. The SMILES string of the molecule is CCCNC(C#N)(COc1cccc(CC)c1)C1CC1. The highest BCUT2D eigenvalue weighted by Crippen LogP contribution is 2.39. The summed E-state index contributed by atoms with van der Waals surface area (Å²) in [6, 6.07) is 10.6. The van der Waals surface area contributed by atoms with Crippen LogP contribution < -0.4 is 10.1 Å². The average Bonchev–Trinajstić information content (AvgIpc) is 3.33. The second-order valence-electron chi connectivity index (χ2n) is 5.57. The molecule has 0 radical (unpaired) electrons. The van der Waals surface area contributed by atoms with Crippen LogP contribution in [0, 0.1) is 17.2 Å². The maximum atomic E-state index is 9.60. The first kappa shape index (κ1) is 14.9. The van der Waals surface area contributed by atoms with Gasteiger partial charge in [0.2, 0.25) is 0 Å². The van der Waals surface area contributed by atoms with E-state index < -0.39 is 5.54 Å². The van der Waals surface area contributed by atoms with Gasteiger partial charge >= 0.3 is 0 Å². The van der Waals surface area contributed by atoms with Crippen molar-refractivity contribution in [2.45, 2.75) is 45.1 Å². The second kappa shape index (κ2) is 6.76. The summed E-state index contributed by atoms with van der Waals surface area (Å²) in [5, 5.41) is 13.0. The molecule has 1 unspecified atom stereocenters. The Bertz CT molecular complexity index is 476. The van der Waals surface area contributed by atoms with E-state index in [-0.39, 0.29) is 0 Å². The van der Waals surface area contributed by atoms with Crippen LogP contribution in [-0.4, -0.2) is 18.7 Å². The number of aryl methyl sites for hydroxylation is 1. The molecule has 0 saturated heterocycles. The van der Waals surface area contributed by atoms with Gasteiger partial charge in [0.1, 0.15) is 17.9 Å². The first-order valence-electron chi connectivity index (χ1n) is 7.62. The van der Waals surface area contributed by atoms with E-state index in [1.165, 1.54) is 5.56 Å².